The van der Waals surface area contributed by atoms with Gasteiger partial charge in [0, 0.05) is 11.0 Å². The SMILES string of the molecule is O=C(/C=C(/C(=O)Oc1nnc(S)s1)c1cccs1)Oc1nnc(S)s1. The fraction of sp³-hybridized carbons (Fsp3) is 0. The quantitative estimate of drug-likeness (QED) is 0.362. The third kappa shape index (κ3) is 4.85. The number of nitrogens with zero attached hydrogens (tertiary/aromatic N) is 4. The van der Waals surface area contributed by atoms with E-state index in [1.807, 2.05) is 0 Å². The standard InChI is InChI=1S/C12H6N4O4S5/c17-7(19-9-13-15-11(21)24-9)4-5(6-2-1-3-23-6)8(18)20-10-14-16-12(22)25-10/h1-4H,(H,15,21)(H,16,22)/b5-4+. The highest BCUT2D eigenvalue weighted by molar-refractivity contribution is 7.83. The molecule has 0 aromatic carbocycles. The van der Waals surface area contributed by atoms with E-state index in [1.54, 1.807) is 17.5 Å². The molecule has 3 rings (SSSR count). The molecule has 0 fully saturated rings. The van der Waals surface area contributed by atoms with Crippen molar-refractivity contribution in [2.24, 2.45) is 0 Å². The van der Waals surface area contributed by atoms with Crippen molar-refractivity contribution in [3.05, 3.63) is 28.5 Å². The lowest BCUT2D eigenvalue weighted by atomic mass is 10.2. The van der Waals surface area contributed by atoms with Gasteiger partial charge in [-0.05, 0) is 34.1 Å². The van der Waals surface area contributed by atoms with E-state index in [4.69, 9.17) is 9.47 Å². The number of thiol groups is 2. The molecule has 3 aromatic rings. The van der Waals surface area contributed by atoms with Gasteiger partial charge in [0.15, 0.2) is 8.68 Å². The fourth-order valence-corrected chi connectivity index (χ4v) is 3.69. The predicted octanol–water partition coefficient (Wildman–Crippen LogP) is 2.62. The van der Waals surface area contributed by atoms with Gasteiger partial charge in [0.1, 0.15) is 0 Å². The summed E-state index contributed by atoms with van der Waals surface area (Å²) in [5.74, 6) is -1.56. The Labute approximate surface area is 163 Å². The maximum absolute atomic E-state index is 12.4. The van der Waals surface area contributed by atoms with Gasteiger partial charge in [-0.2, -0.15) is 0 Å². The molecule has 3 aromatic heterocycles. The van der Waals surface area contributed by atoms with Crippen molar-refractivity contribution in [2.75, 3.05) is 0 Å². The lowest BCUT2D eigenvalue weighted by molar-refractivity contribution is -0.130. The Hall–Kier alpha value is -1.80. The Kier molecular flexibility index (Phi) is 5.80. The van der Waals surface area contributed by atoms with Crippen molar-refractivity contribution in [3.63, 3.8) is 0 Å². The maximum Gasteiger partial charge on any atom is 0.347 e. The molecule has 0 amide bonds. The smallest absolute Gasteiger partial charge is 0.347 e. The Bertz CT molecular complexity index is 933. The molecule has 0 N–H and O–H groups in total. The molecule has 0 radical (unpaired) electrons. The molecule has 128 valence electrons. The topological polar surface area (TPSA) is 104 Å². The summed E-state index contributed by atoms with van der Waals surface area (Å²) in [7, 11) is 0. The summed E-state index contributed by atoms with van der Waals surface area (Å²) in [5, 5.41) is 16.3. The average Bonchev–Trinajstić information content (AvgIpc) is 3.28. The van der Waals surface area contributed by atoms with Crippen LogP contribution in [0.25, 0.3) is 5.57 Å². The molecule has 0 aliphatic carbocycles. The largest absolute Gasteiger partial charge is 0.393 e. The average molecular weight is 431 g/mol. The van der Waals surface area contributed by atoms with Crippen LogP contribution in [-0.2, 0) is 9.59 Å². The number of thiophene rings is 1. The summed E-state index contributed by atoms with van der Waals surface area (Å²) in [4.78, 5) is 25.0. The van der Waals surface area contributed by atoms with Crippen molar-refractivity contribution >= 4 is 76.8 Å². The first-order valence-corrected chi connectivity index (χ1v) is 9.66. The third-order valence-corrected chi connectivity index (χ3v) is 5.27. The van der Waals surface area contributed by atoms with Gasteiger partial charge in [-0.3, -0.25) is 0 Å². The van der Waals surface area contributed by atoms with Crippen LogP contribution in [0.2, 0.25) is 0 Å². The predicted molar refractivity (Wildman–Crippen MR) is 97.9 cm³/mol. The summed E-state index contributed by atoms with van der Waals surface area (Å²) in [6.45, 7) is 0. The normalized spacial score (nSPS) is 11.4. The molecular weight excluding hydrogens is 424 g/mol. The van der Waals surface area contributed by atoms with Crippen molar-refractivity contribution < 1.29 is 19.1 Å². The molecule has 0 saturated heterocycles. The fourth-order valence-electron chi connectivity index (χ4n) is 1.52. The van der Waals surface area contributed by atoms with E-state index in [-0.39, 0.29) is 16.0 Å². The molecular formula is C12H6N4O4S5. The summed E-state index contributed by atoms with van der Waals surface area (Å²) in [6, 6.07) is 3.41. The van der Waals surface area contributed by atoms with Crippen LogP contribution in [0.3, 0.4) is 0 Å². The van der Waals surface area contributed by atoms with Gasteiger partial charge in [0.25, 0.3) is 0 Å². The Morgan fingerprint density at radius 2 is 1.64 bits per heavy atom. The first-order chi connectivity index (χ1) is 12.0. The zero-order valence-corrected chi connectivity index (χ0v) is 16.1. The number of rotatable bonds is 5. The molecule has 0 saturated carbocycles. The molecule has 3 heterocycles. The van der Waals surface area contributed by atoms with Gasteiger partial charge in [0.05, 0.1) is 5.57 Å². The van der Waals surface area contributed by atoms with Crippen LogP contribution in [0.4, 0.5) is 0 Å². The minimum atomic E-state index is -0.794. The van der Waals surface area contributed by atoms with E-state index >= 15 is 0 Å². The number of aromatic nitrogens is 4. The number of carbonyl (C=O) groups is 2. The molecule has 0 spiro atoms. The van der Waals surface area contributed by atoms with E-state index in [0.29, 0.717) is 13.6 Å². The molecule has 25 heavy (non-hydrogen) atoms. The zero-order valence-electron chi connectivity index (χ0n) is 11.9. The van der Waals surface area contributed by atoms with E-state index in [9.17, 15) is 9.59 Å². The Morgan fingerprint density at radius 1 is 1.00 bits per heavy atom. The van der Waals surface area contributed by atoms with Crippen LogP contribution in [-0.4, -0.2) is 32.3 Å². The van der Waals surface area contributed by atoms with Gasteiger partial charge in [-0.15, -0.1) is 46.8 Å². The Balaban J connectivity index is 1.81. The number of hydrogen-bond donors (Lipinski definition) is 2. The molecule has 0 aliphatic heterocycles. The van der Waals surface area contributed by atoms with Crippen molar-refractivity contribution in [1.29, 1.82) is 0 Å². The highest BCUT2D eigenvalue weighted by atomic mass is 32.2. The van der Waals surface area contributed by atoms with Crippen LogP contribution in [0.5, 0.6) is 10.4 Å². The lowest BCUT2D eigenvalue weighted by Gasteiger charge is -2.03. The van der Waals surface area contributed by atoms with E-state index < -0.39 is 11.9 Å². The highest BCUT2D eigenvalue weighted by Crippen LogP contribution is 2.26. The van der Waals surface area contributed by atoms with Gasteiger partial charge in [-0.1, -0.05) is 16.3 Å². The van der Waals surface area contributed by atoms with Crippen LogP contribution >= 0.6 is 59.3 Å². The lowest BCUT2D eigenvalue weighted by Crippen LogP contribution is -2.13. The molecule has 13 heteroatoms. The molecule has 0 unspecified atom stereocenters. The summed E-state index contributed by atoms with van der Waals surface area (Å²) < 4.78 is 10.8. The second-order valence-corrected chi connectivity index (χ2v) is 8.33. The van der Waals surface area contributed by atoms with Crippen LogP contribution in [0.15, 0.2) is 32.3 Å². The third-order valence-electron chi connectivity index (χ3n) is 2.43. The van der Waals surface area contributed by atoms with Crippen LogP contribution in [0.1, 0.15) is 4.88 Å². The van der Waals surface area contributed by atoms with E-state index in [0.717, 1.165) is 28.7 Å². The van der Waals surface area contributed by atoms with Gasteiger partial charge < -0.3 is 9.47 Å². The molecule has 8 nitrogen and oxygen atoms in total. The van der Waals surface area contributed by atoms with E-state index in [2.05, 4.69) is 45.7 Å². The monoisotopic (exact) mass is 430 g/mol. The highest BCUT2D eigenvalue weighted by Gasteiger charge is 2.20. The summed E-state index contributed by atoms with van der Waals surface area (Å²) in [5.41, 5.74) is 0.0199. The van der Waals surface area contributed by atoms with E-state index in [1.165, 1.54) is 11.3 Å². The first-order valence-electron chi connectivity index (χ1n) is 6.26. The number of ether oxygens (including phenoxy) is 2. The number of carbonyl (C=O) groups excluding carboxylic acids is 2. The second kappa shape index (κ2) is 8.05. The van der Waals surface area contributed by atoms with Crippen molar-refractivity contribution in [2.45, 2.75) is 8.68 Å². The summed E-state index contributed by atoms with van der Waals surface area (Å²) in [6.07, 6.45) is 1.02. The van der Waals surface area contributed by atoms with Gasteiger partial charge in [0.2, 0.25) is 0 Å². The van der Waals surface area contributed by atoms with Crippen molar-refractivity contribution in [1.82, 2.24) is 20.4 Å². The summed E-state index contributed by atoms with van der Waals surface area (Å²) >= 11 is 11.2. The number of hydrogen-bond acceptors (Lipinski definition) is 13. The van der Waals surface area contributed by atoms with Gasteiger partial charge in [-0.25, -0.2) is 9.59 Å². The molecule has 0 bridgehead atoms. The van der Waals surface area contributed by atoms with Crippen LogP contribution < -0.4 is 9.47 Å². The van der Waals surface area contributed by atoms with Gasteiger partial charge >= 0.3 is 22.3 Å². The van der Waals surface area contributed by atoms with Crippen LogP contribution in [0, 0.1) is 0 Å². The Morgan fingerprint density at radius 3 is 2.16 bits per heavy atom. The minimum Gasteiger partial charge on any atom is -0.393 e. The minimum absolute atomic E-state index is 0.0199. The molecule has 0 aliphatic rings. The second-order valence-electron chi connectivity index (χ2n) is 4.05. The maximum atomic E-state index is 12.4. The molecule has 0 atom stereocenters. The zero-order chi connectivity index (χ0) is 17.8. The first kappa shape index (κ1) is 18.0. The number of esters is 2. The van der Waals surface area contributed by atoms with Crippen molar-refractivity contribution in [3.8, 4) is 10.4 Å².